The van der Waals surface area contributed by atoms with Crippen molar-refractivity contribution in [2.75, 3.05) is 26.2 Å². The number of rotatable bonds is 4. The molecule has 2 aliphatic heterocycles. The Morgan fingerprint density at radius 1 is 1.25 bits per heavy atom. The second-order valence-electron chi connectivity index (χ2n) is 6.65. The van der Waals surface area contributed by atoms with Crippen molar-refractivity contribution >= 4 is 5.97 Å². The molecule has 4 nitrogen and oxygen atoms in total. The van der Waals surface area contributed by atoms with Gasteiger partial charge in [0.2, 0.25) is 0 Å². The standard InChI is InChI=1S/C16H28N2O2/c1-3-20-16(19)12(2)17-10-8-15-13(11-17)5-4-9-18(15)14-6-7-14/h12-15H,3-11H2,1-2H3/t12-,13+,15-/m0/s1. The van der Waals surface area contributed by atoms with Crippen molar-refractivity contribution in [3.8, 4) is 0 Å². The van der Waals surface area contributed by atoms with E-state index in [4.69, 9.17) is 4.74 Å². The fourth-order valence-electron chi connectivity index (χ4n) is 4.09. The van der Waals surface area contributed by atoms with E-state index in [2.05, 4.69) is 9.80 Å². The lowest BCUT2D eigenvalue weighted by atomic mass is 9.83. The zero-order valence-corrected chi connectivity index (χ0v) is 12.9. The number of esters is 1. The molecule has 0 radical (unpaired) electrons. The predicted octanol–water partition coefficient (Wildman–Crippen LogP) is 1.89. The molecule has 1 aliphatic carbocycles. The van der Waals surface area contributed by atoms with Crippen LogP contribution in [0, 0.1) is 5.92 Å². The van der Waals surface area contributed by atoms with Crippen molar-refractivity contribution in [3.63, 3.8) is 0 Å². The van der Waals surface area contributed by atoms with Gasteiger partial charge in [-0.2, -0.15) is 0 Å². The molecule has 0 bridgehead atoms. The van der Waals surface area contributed by atoms with Crippen LogP contribution in [0.5, 0.6) is 0 Å². The van der Waals surface area contributed by atoms with Crippen LogP contribution < -0.4 is 0 Å². The number of ether oxygens (including phenoxy) is 1. The summed E-state index contributed by atoms with van der Waals surface area (Å²) in [6.45, 7) is 7.79. The van der Waals surface area contributed by atoms with Crippen LogP contribution in [0.3, 0.4) is 0 Å². The molecule has 20 heavy (non-hydrogen) atoms. The lowest BCUT2D eigenvalue weighted by molar-refractivity contribution is -0.150. The molecule has 0 spiro atoms. The van der Waals surface area contributed by atoms with E-state index in [-0.39, 0.29) is 12.0 Å². The third-order valence-electron chi connectivity index (χ3n) is 5.33. The molecule has 3 aliphatic rings. The van der Waals surface area contributed by atoms with E-state index < -0.39 is 0 Å². The number of nitrogens with zero attached hydrogens (tertiary/aromatic N) is 2. The van der Waals surface area contributed by atoms with Gasteiger partial charge in [-0.3, -0.25) is 14.6 Å². The summed E-state index contributed by atoms with van der Waals surface area (Å²) in [5.74, 6) is 0.704. The molecule has 0 amide bonds. The van der Waals surface area contributed by atoms with Gasteiger partial charge in [0.15, 0.2) is 0 Å². The van der Waals surface area contributed by atoms with Crippen LogP contribution in [0.1, 0.15) is 46.0 Å². The third kappa shape index (κ3) is 2.86. The molecular formula is C16H28N2O2. The summed E-state index contributed by atoms with van der Waals surface area (Å²) in [5, 5.41) is 0. The van der Waals surface area contributed by atoms with Crippen LogP contribution in [-0.4, -0.2) is 60.1 Å². The molecule has 0 unspecified atom stereocenters. The number of piperidine rings is 2. The first-order valence-corrected chi connectivity index (χ1v) is 8.37. The highest BCUT2D eigenvalue weighted by Gasteiger charge is 2.43. The quantitative estimate of drug-likeness (QED) is 0.736. The molecule has 4 heteroatoms. The Labute approximate surface area is 122 Å². The second kappa shape index (κ2) is 6.02. The van der Waals surface area contributed by atoms with Crippen LogP contribution in [0.2, 0.25) is 0 Å². The van der Waals surface area contributed by atoms with Gasteiger partial charge in [0.25, 0.3) is 0 Å². The Morgan fingerprint density at radius 3 is 2.75 bits per heavy atom. The van der Waals surface area contributed by atoms with Gasteiger partial charge in [-0.15, -0.1) is 0 Å². The maximum atomic E-state index is 11.9. The molecule has 2 heterocycles. The molecule has 0 aromatic heterocycles. The summed E-state index contributed by atoms with van der Waals surface area (Å²) in [4.78, 5) is 17.0. The zero-order valence-electron chi connectivity index (χ0n) is 12.9. The fraction of sp³-hybridized carbons (Fsp3) is 0.938. The summed E-state index contributed by atoms with van der Waals surface area (Å²) in [7, 11) is 0. The molecular weight excluding hydrogens is 252 g/mol. The first-order valence-electron chi connectivity index (χ1n) is 8.37. The Hall–Kier alpha value is -0.610. The summed E-state index contributed by atoms with van der Waals surface area (Å²) in [5.41, 5.74) is 0. The van der Waals surface area contributed by atoms with E-state index in [0.29, 0.717) is 6.61 Å². The van der Waals surface area contributed by atoms with Crippen molar-refractivity contribution in [1.82, 2.24) is 9.80 Å². The van der Waals surface area contributed by atoms with Crippen molar-refractivity contribution in [3.05, 3.63) is 0 Å². The molecule has 0 aromatic carbocycles. The Kier molecular flexibility index (Phi) is 4.32. The SMILES string of the molecule is CCOC(=O)[C@H](C)N1CC[C@H]2[C@H](CCCN2C2CC2)C1. The van der Waals surface area contributed by atoms with Crippen LogP contribution in [-0.2, 0) is 9.53 Å². The van der Waals surface area contributed by atoms with Crippen LogP contribution in [0.15, 0.2) is 0 Å². The fourth-order valence-corrected chi connectivity index (χ4v) is 4.09. The monoisotopic (exact) mass is 280 g/mol. The molecule has 3 rings (SSSR count). The topological polar surface area (TPSA) is 32.8 Å². The maximum absolute atomic E-state index is 11.9. The van der Waals surface area contributed by atoms with Crippen molar-refractivity contribution in [2.45, 2.75) is 64.1 Å². The smallest absolute Gasteiger partial charge is 0.323 e. The van der Waals surface area contributed by atoms with Gasteiger partial charge in [0, 0.05) is 25.2 Å². The predicted molar refractivity (Wildman–Crippen MR) is 78.5 cm³/mol. The summed E-state index contributed by atoms with van der Waals surface area (Å²) in [6, 6.07) is 1.59. The highest BCUT2D eigenvalue weighted by Crippen LogP contribution is 2.38. The van der Waals surface area contributed by atoms with Crippen LogP contribution >= 0.6 is 0 Å². The zero-order chi connectivity index (χ0) is 14.1. The van der Waals surface area contributed by atoms with E-state index in [9.17, 15) is 4.79 Å². The van der Waals surface area contributed by atoms with Gasteiger partial charge in [0.05, 0.1) is 6.61 Å². The first kappa shape index (κ1) is 14.3. The summed E-state index contributed by atoms with van der Waals surface area (Å²) >= 11 is 0. The second-order valence-corrected chi connectivity index (χ2v) is 6.65. The van der Waals surface area contributed by atoms with Gasteiger partial charge in [-0.25, -0.2) is 0 Å². The van der Waals surface area contributed by atoms with Crippen LogP contribution in [0.4, 0.5) is 0 Å². The lowest BCUT2D eigenvalue weighted by Gasteiger charge is -2.48. The van der Waals surface area contributed by atoms with Crippen molar-refractivity contribution in [2.24, 2.45) is 5.92 Å². The summed E-state index contributed by atoms with van der Waals surface area (Å²) in [6.07, 6.45) is 6.71. The minimum absolute atomic E-state index is 0.0548. The molecule has 2 saturated heterocycles. The van der Waals surface area contributed by atoms with Gasteiger partial charge >= 0.3 is 5.97 Å². The van der Waals surface area contributed by atoms with E-state index in [1.807, 2.05) is 13.8 Å². The highest BCUT2D eigenvalue weighted by molar-refractivity contribution is 5.75. The molecule has 114 valence electrons. The molecule has 0 aromatic rings. The van der Waals surface area contributed by atoms with Crippen molar-refractivity contribution in [1.29, 1.82) is 0 Å². The minimum Gasteiger partial charge on any atom is -0.465 e. The largest absolute Gasteiger partial charge is 0.465 e. The Balaban J connectivity index is 1.59. The number of fused-ring (bicyclic) bond motifs is 1. The number of likely N-dealkylation sites (tertiary alicyclic amines) is 2. The number of carbonyl (C=O) groups excluding carboxylic acids is 1. The van der Waals surface area contributed by atoms with E-state index in [0.717, 1.165) is 31.1 Å². The third-order valence-corrected chi connectivity index (χ3v) is 5.33. The minimum atomic E-state index is -0.0767. The highest BCUT2D eigenvalue weighted by atomic mass is 16.5. The number of carbonyl (C=O) groups is 1. The molecule has 3 fully saturated rings. The van der Waals surface area contributed by atoms with Gasteiger partial charge in [0.1, 0.15) is 6.04 Å². The lowest BCUT2D eigenvalue weighted by Crippen LogP contribution is -2.57. The van der Waals surface area contributed by atoms with Gasteiger partial charge in [-0.05, 0) is 58.4 Å². The Bertz CT molecular complexity index is 356. The maximum Gasteiger partial charge on any atom is 0.323 e. The van der Waals surface area contributed by atoms with E-state index in [1.54, 1.807) is 0 Å². The van der Waals surface area contributed by atoms with Crippen molar-refractivity contribution < 1.29 is 9.53 Å². The van der Waals surface area contributed by atoms with E-state index in [1.165, 1.54) is 38.6 Å². The van der Waals surface area contributed by atoms with Gasteiger partial charge in [-0.1, -0.05) is 0 Å². The Morgan fingerprint density at radius 2 is 2.05 bits per heavy atom. The molecule has 0 N–H and O–H groups in total. The van der Waals surface area contributed by atoms with Crippen LogP contribution in [0.25, 0.3) is 0 Å². The average Bonchev–Trinajstić information content (AvgIpc) is 3.30. The normalized spacial score (nSPS) is 33.5. The first-order chi connectivity index (χ1) is 9.70. The van der Waals surface area contributed by atoms with Gasteiger partial charge < -0.3 is 4.74 Å². The molecule has 3 atom stereocenters. The number of hydrogen-bond acceptors (Lipinski definition) is 4. The number of hydrogen-bond donors (Lipinski definition) is 0. The average molecular weight is 280 g/mol. The van der Waals surface area contributed by atoms with E-state index >= 15 is 0 Å². The molecule has 1 saturated carbocycles. The summed E-state index contributed by atoms with van der Waals surface area (Å²) < 4.78 is 5.17.